The van der Waals surface area contributed by atoms with E-state index in [0.717, 1.165) is 44.5 Å². The molecule has 4 rings (SSSR count). The van der Waals surface area contributed by atoms with E-state index in [9.17, 15) is 4.79 Å². The Balaban J connectivity index is 1.37. The molecule has 1 aliphatic carbocycles. The summed E-state index contributed by atoms with van der Waals surface area (Å²) >= 11 is 0. The van der Waals surface area contributed by atoms with Crippen molar-refractivity contribution in [3.05, 3.63) is 65.7 Å². The Morgan fingerprint density at radius 1 is 1.04 bits per heavy atom. The summed E-state index contributed by atoms with van der Waals surface area (Å²) in [6, 6.07) is 19.3. The molecule has 1 atom stereocenters. The fourth-order valence-corrected chi connectivity index (χ4v) is 4.32. The number of urea groups is 1. The number of nitrogens with one attached hydrogen (secondary N) is 1. The number of carbonyl (C=O) groups excluding carboxylic acids is 1. The molecule has 1 aliphatic heterocycles. The lowest BCUT2D eigenvalue weighted by Crippen LogP contribution is -2.52. The van der Waals surface area contributed by atoms with Gasteiger partial charge in [0.15, 0.2) is 0 Å². The molecule has 2 aliphatic rings. The largest absolute Gasteiger partial charge is 0.323 e. The minimum Gasteiger partial charge on any atom is -0.323 e. The van der Waals surface area contributed by atoms with Gasteiger partial charge in [-0.25, -0.2) is 4.79 Å². The van der Waals surface area contributed by atoms with Gasteiger partial charge in [0.05, 0.1) is 0 Å². The Kier molecular flexibility index (Phi) is 4.93. The number of nitrogens with zero attached hydrogens (tertiary/aromatic N) is 2. The van der Waals surface area contributed by atoms with E-state index >= 15 is 0 Å². The fourth-order valence-electron chi connectivity index (χ4n) is 4.32. The van der Waals surface area contributed by atoms with Crippen LogP contribution >= 0.6 is 0 Å². The van der Waals surface area contributed by atoms with Crippen LogP contribution in [0.3, 0.4) is 0 Å². The maximum Gasteiger partial charge on any atom is 0.321 e. The third-order valence-electron chi connectivity index (χ3n) is 5.87. The summed E-state index contributed by atoms with van der Waals surface area (Å²) in [5.41, 5.74) is 3.84. The highest BCUT2D eigenvalue weighted by Gasteiger charge is 2.32. The van der Waals surface area contributed by atoms with Crippen LogP contribution in [0.5, 0.6) is 0 Å². The highest BCUT2D eigenvalue weighted by Crippen LogP contribution is 2.28. The van der Waals surface area contributed by atoms with E-state index in [1.165, 1.54) is 11.1 Å². The number of amides is 2. The number of rotatable bonds is 3. The van der Waals surface area contributed by atoms with Gasteiger partial charge in [0, 0.05) is 31.4 Å². The monoisotopic (exact) mass is 349 g/mol. The lowest BCUT2D eigenvalue weighted by Gasteiger charge is -2.40. The minimum absolute atomic E-state index is 0.0160. The van der Waals surface area contributed by atoms with E-state index in [-0.39, 0.29) is 12.1 Å². The Labute approximate surface area is 155 Å². The summed E-state index contributed by atoms with van der Waals surface area (Å²) in [6.45, 7) is 2.11. The molecule has 2 aromatic rings. The molecule has 0 radical (unpaired) electrons. The Morgan fingerprint density at radius 3 is 2.38 bits per heavy atom. The maximum atomic E-state index is 12.6. The molecule has 26 heavy (non-hydrogen) atoms. The molecule has 0 saturated carbocycles. The van der Waals surface area contributed by atoms with E-state index in [0.29, 0.717) is 6.04 Å². The van der Waals surface area contributed by atoms with Gasteiger partial charge in [-0.05, 0) is 55.5 Å². The highest BCUT2D eigenvalue weighted by molar-refractivity contribution is 5.89. The molecule has 2 amide bonds. The molecule has 0 bridgehead atoms. The molecule has 4 nitrogen and oxygen atoms in total. The zero-order valence-electron chi connectivity index (χ0n) is 15.4. The van der Waals surface area contributed by atoms with Crippen molar-refractivity contribution in [2.75, 3.05) is 25.5 Å². The number of carbonyl (C=O) groups is 1. The summed E-state index contributed by atoms with van der Waals surface area (Å²) in [5.74, 6) is 0. The van der Waals surface area contributed by atoms with Crippen molar-refractivity contribution in [2.45, 2.75) is 37.8 Å². The summed E-state index contributed by atoms with van der Waals surface area (Å²) in [6.07, 6.45) is 4.51. The number of likely N-dealkylation sites (N-methyl/N-ethyl adjacent to an activating group) is 1. The quantitative estimate of drug-likeness (QED) is 0.915. The Morgan fingerprint density at radius 2 is 1.69 bits per heavy atom. The van der Waals surface area contributed by atoms with E-state index in [1.807, 2.05) is 42.3 Å². The van der Waals surface area contributed by atoms with Crippen LogP contribution in [0.15, 0.2) is 54.6 Å². The van der Waals surface area contributed by atoms with Gasteiger partial charge < -0.3 is 10.2 Å². The Bertz CT molecular complexity index is 736. The first-order chi connectivity index (χ1) is 12.7. The molecule has 4 heteroatoms. The molecule has 1 fully saturated rings. The third-order valence-corrected chi connectivity index (χ3v) is 5.87. The van der Waals surface area contributed by atoms with Crippen LogP contribution in [-0.2, 0) is 12.8 Å². The molecule has 0 spiro atoms. The summed E-state index contributed by atoms with van der Waals surface area (Å²) in [7, 11) is 1.93. The SMILES string of the molecule is CN(C(=O)Nc1ccccc1)[C@@H]1CCCN(C2Cc3ccccc3C2)C1. The lowest BCUT2D eigenvalue weighted by molar-refractivity contribution is 0.101. The summed E-state index contributed by atoms with van der Waals surface area (Å²) in [5, 5.41) is 3.01. The van der Waals surface area contributed by atoms with Crippen molar-refractivity contribution >= 4 is 11.7 Å². The van der Waals surface area contributed by atoms with E-state index in [2.05, 4.69) is 34.5 Å². The van der Waals surface area contributed by atoms with Crippen LogP contribution in [0.2, 0.25) is 0 Å². The third kappa shape index (κ3) is 3.61. The molecular formula is C22H27N3O. The van der Waals surface area contributed by atoms with E-state index < -0.39 is 0 Å². The average molecular weight is 349 g/mol. The molecule has 1 saturated heterocycles. The van der Waals surface area contributed by atoms with Crippen molar-refractivity contribution < 1.29 is 4.79 Å². The number of anilines is 1. The van der Waals surface area contributed by atoms with Gasteiger partial charge in [-0.3, -0.25) is 4.90 Å². The normalized spacial score (nSPS) is 20.6. The van der Waals surface area contributed by atoms with Gasteiger partial charge in [0.25, 0.3) is 0 Å². The van der Waals surface area contributed by atoms with Crippen molar-refractivity contribution in [2.24, 2.45) is 0 Å². The van der Waals surface area contributed by atoms with E-state index in [1.54, 1.807) is 0 Å². The second-order valence-corrected chi connectivity index (χ2v) is 7.53. The standard InChI is InChI=1S/C22H27N3O/c1-24(22(26)23-19-10-3-2-4-11-19)20-12-7-13-25(16-20)21-14-17-8-5-6-9-18(17)15-21/h2-6,8-11,20-21H,7,12-16H2,1H3,(H,23,26)/t20-/m1/s1. The van der Waals surface area contributed by atoms with Crippen LogP contribution in [0.4, 0.5) is 10.5 Å². The molecule has 1 heterocycles. The summed E-state index contributed by atoms with van der Waals surface area (Å²) in [4.78, 5) is 17.1. The van der Waals surface area contributed by atoms with Gasteiger partial charge in [-0.15, -0.1) is 0 Å². The van der Waals surface area contributed by atoms with Gasteiger partial charge in [-0.1, -0.05) is 42.5 Å². The predicted molar refractivity (Wildman–Crippen MR) is 105 cm³/mol. The van der Waals surface area contributed by atoms with Gasteiger partial charge in [-0.2, -0.15) is 0 Å². The number of hydrogen-bond acceptors (Lipinski definition) is 2. The number of piperidine rings is 1. The molecule has 2 aromatic carbocycles. The van der Waals surface area contributed by atoms with Gasteiger partial charge in [0.1, 0.15) is 0 Å². The number of fused-ring (bicyclic) bond motifs is 1. The molecule has 0 aromatic heterocycles. The molecule has 0 unspecified atom stereocenters. The topological polar surface area (TPSA) is 35.6 Å². The minimum atomic E-state index is -0.0160. The van der Waals surface area contributed by atoms with Gasteiger partial charge >= 0.3 is 6.03 Å². The molecule has 1 N–H and O–H groups in total. The predicted octanol–water partition coefficient (Wildman–Crippen LogP) is 3.78. The number of likely N-dealkylation sites (tertiary alicyclic amines) is 1. The molecule has 136 valence electrons. The number of benzene rings is 2. The first-order valence-electron chi connectivity index (χ1n) is 9.60. The number of para-hydroxylation sites is 1. The van der Waals surface area contributed by atoms with Crippen LogP contribution < -0.4 is 5.32 Å². The van der Waals surface area contributed by atoms with Crippen molar-refractivity contribution in [3.63, 3.8) is 0 Å². The Hall–Kier alpha value is -2.33. The average Bonchev–Trinajstić information content (AvgIpc) is 3.12. The van der Waals surface area contributed by atoms with E-state index in [4.69, 9.17) is 0 Å². The van der Waals surface area contributed by atoms with Crippen molar-refractivity contribution in [1.82, 2.24) is 9.80 Å². The zero-order valence-corrected chi connectivity index (χ0v) is 15.4. The van der Waals surface area contributed by atoms with Crippen molar-refractivity contribution in [3.8, 4) is 0 Å². The summed E-state index contributed by atoms with van der Waals surface area (Å²) < 4.78 is 0. The lowest BCUT2D eigenvalue weighted by atomic mass is 10.0. The first-order valence-corrected chi connectivity index (χ1v) is 9.60. The zero-order chi connectivity index (χ0) is 17.9. The fraction of sp³-hybridized carbons (Fsp3) is 0.409. The number of hydrogen-bond donors (Lipinski definition) is 1. The van der Waals surface area contributed by atoms with Crippen LogP contribution in [0, 0.1) is 0 Å². The van der Waals surface area contributed by atoms with Crippen LogP contribution in [0.1, 0.15) is 24.0 Å². The van der Waals surface area contributed by atoms with Crippen molar-refractivity contribution in [1.29, 1.82) is 0 Å². The highest BCUT2D eigenvalue weighted by atomic mass is 16.2. The first kappa shape index (κ1) is 17.1. The van der Waals surface area contributed by atoms with Crippen LogP contribution in [-0.4, -0.2) is 48.1 Å². The molecular weight excluding hydrogens is 322 g/mol. The second kappa shape index (κ2) is 7.50. The van der Waals surface area contributed by atoms with Crippen LogP contribution in [0.25, 0.3) is 0 Å². The van der Waals surface area contributed by atoms with Gasteiger partial charge in [0.2, 0.25) is 0 Å². The smallest absolute Gasteiger partial charge is 0.321 e. The maximum absolute atomic E-state index is 12.6. The second-order valence-electron chi connectivity index (χ2n) is 7.53.